The maximum absolute atomic E-state index is 12.2. The summed E-state index contributed by atoms with van der Waals surface area (Å²) in [7, 11) is -4.76. The van der Waals surface area contributed by atoms with Gasteiger partial charge in [-0.2, -0.15) is 0 Å². The number of ether oxygens (including phenoxy) is 1. The van der Waals surface area contributed by atoms with Crippen LogP contribution in [0, 0.1) is 0 Å². The highest BCUT2D eigenvalue weighted by atomic mass is 31.2. The molecule has 0 amide bonds. The van der Waals surface area contributed by atoms with E-state index < -0.39 is 25.3 Å². The van der Waals surface area contributed by atoms with Crippen LogP contribution in [0.2, 0.25) is 0 Å². The van der Waals surface area contributed by atoms with Crippen LogP contribution in [-0.2, 0) is 14.1 Å². The van der Waals surface area contributed by atoms with Gasteiger partial charge in [-0.3, -0.25) is 9.36 Å². The van der Waals surface area contributed by atoms with Gasteiger partial charge < -0.3 is 19.8 Å². The average molecular weight is 349 g/mol. The summed E-state index contributed by atoms with van der Waals surface area (Å²) < 4.78 is 16.9. The van der Waals surface area contributed by atoms with E-state index in [0.717, 1.165) is 0 Å². The van der Waals surface area contributed by atoms with Crippen LogP contribution in [-0.4, -0.2) is 28.0 Å². The molecule has 3 N–H and O–H groups in total. The smallest absolute Gasteiger partial charge is 0.342 e. The van der Waals surface area contributed by atoms with Gasteiger partial charge in [-0.25, -0.2) is 0 Å². The molecule has 0 heterocycles. The predicted molar refractivity (Wildman–Crippen MR) is 91.7 cm³/mol. The van der Waals surface area contributed by atoms with E-state index in [0.29, 0.717) is 11.3 Å². The second-order valence-electron chi connectivity index (χ2n) is 5.18. The Balaban J connectivity index is 2.46. The molecule has 2 aromatic rings. The molecule has 0 aliphatic carbocycles. The lowest BCUT2D eigenvalue weighted by atomic mass is 10.0. The molecule has 0 aliphatic heterocycles. The van der Waals surface area contributed by atoms with Crippen LogP contribution in [0.5, 0.6) is 0 Å². The van der Waals surface area contributed by atoms with Gasteiger partial charge in [-0.1, -0.05) is 48.5 Å². The maximum Gasteiger partial charge on any atom is 0.342 e. The molecule has 24 heavy (non-hydrogen) atoms. The average Bonchev–Trinajstić information content (AvgIpc) is 2.55. The number of carbonyl (C=O) groups is 1. The molecule has 6 nitrogen and oxygen atoms in total. The second kappa shape index (κ2) is 8.11. The molecular formula is C17H20NO5P. The highest BCUT2D eigenvalue weighted by molar-refractivity contribution is 7.53. The quantitative estimate of drug-likeness (QED) is 0.525. The number of rotatable bonds is 7. The molecule has 0 bridgehead atoms. The zero-order valence-electron chi connectivity index (χ0n) is 13.2. The van der Waals surface area contributed by atoms with E-state index in [1.165, 1.54) is 0 Å². The standard InChI is InChI=1S/C17H20NO5P/c1-2-23-17(19)16(24(20,21)22)15(13-9-5-3-6-10-13)18-14-11-7-4-8-12-14/h3-12,15-16,18H,2H2,1H3,(H2,20,21,22). The van der Waals surface area contributed by atoms with Crippen molar-refractivity contribution in [2.24, 2.45) is 0 Å². The van der Waals surface area contributed by atoms with Crippen molar-refractivity contribution in [3.8, 4) is 0 Å². The first-order valence-electron chi connectivity index (χ1n) is 7.52. The number of nitrogens with one attached hydrogen (secondary N) is 1. The number of esters is 1. The lowest BCUT2D eigenvalue weighted by Gasteiger charge is -2.28. The highest BCUT2D eigenvalue weighted by Crippen LogP contribution is 2.48. The first kappa shape index (κ1) is 18.2. The van der Waals surface area contributed by atoms with Crippen molar-refractivity contribution < 1.29 is 23.9 Å². The van der Waals surface area contributed by atoms with Gasteiger partial charge in [-0.15, -0.1) is 0 Å². The Morgan fingerprint density at radius 3 is 2.12 bits per heavy atom. The van der Waals surface area contributed by atoms with Crippen molar-refractivity contribution in [2.45, 2.75) is 18.6 Å². The summed E-state index contributed by atoms with van der Waals surface area (Å²) in [6.07, 6.45) is 0. The minimum atomic E-state index is -4.76. The number of carbonyl (C=O) groups excluding carboxylic acids is 1. The van der Waals surface area contributed by atoms with Gasteiger partial charge in [0.1, 0.15) is 0 Å². The molecule has 0 saturated heterocycles. The summed E-state index contributed by atoms with van der Waals surface area (Å²) in [5.74, 6) is -0.928. The third-order valence-corrected chi connectivity index (χ3v) is 4.69. The number of hydrogen-bond donors (Lipinski definition) is 3. The van der Waals surface area contributed by atoms with E-state index in [1.807, 2.05) is 6.07 Å². The van der Waals surface area contributed by atoms with E-state index >= 15 is 0 Å². The summed E-state index contributed by atoms with van der Waals surface area (Å²) in [5, 5.41) is 3.05. The molecule has 7 heteroatoms. The number of hydrogen-bond acceptors (Lipinski definition) is 4. The molecule has 0 saturated carbocycles. The molecule has 0 spiro atoms. The Morgan fingerprint density at radius 2 is 1.62 bits per heavy atom. The third kappa shape index (κ3) is 4.68. The Hall–Kier alpha value is -2.14. The number of benzene rings is 2. The molecule has 2 rings (SSSR count). The van der Waals surface area contributed by atoms with E-state index in [-0.39, 0.29) is 6.61 Å². The number of para-hydroxylation sites is 1. The van der Waals surface area contributed by atoms with Crippen molar-refractivity contribution in [1.82, 2.24) is 0 Å². The van der Waals surface area contributed by atoms with Crippen molar-refractivity contribution in [3.05, 3.63) is 66.2 Å². The fourth-order valence-electron chi connectivity index (χ4n) is 2.41. The zero-order chi connectivity index (χ0) is 17.6. The monoisotopic (exact) mass is 349 g/mol. The Bertz CT molecular complexity index is 701. The molecule has 0 aromatic heterocycles. The Kier molecular flexibility index (Phi) is 6.15. The Labute approximate surface area is 140 Å². The van der Waals surface area contributed by atoms with Gasteiger partial charge in [0, 0.05) is 5.69 Å². The maximum atomic E-state index is 12.2. The lowest BCUT2D eigenvalue weighted by Crippen LogP contribution is -2.34. The molecule has 0 radical (unpaired) electrons. The van der Waals surface area contributed by atoms with Gasteiger partial charge in [0.15, 0.2) is 5.66 Å². The van der Waals surface area contributed by atoms with Crippen LogP contribution in [0.15, 0.2) is 60.7 Å². The van der Waals surface area contributed by atoms with Crippen molar-refractivity contribution in [3.63, 3.8) is 0 Å². The van der Waals surface area contributed by atoms with Gasteiger partial charge in [0.25, 0.3) is 0 Å². The minimum absolute atomic E-state index is 0.0438. The van der Waals surface area contributed by atoms with Crippen LogP contribution in [0.1, 0.15) is 18.5 Å². The van der Waals surface area contributed by atoms with Gasteiger partial charge >= 0.3 is 13.6 Å². The van der Waals surface area contributed by atoms with E-state index in [9.17, 15) is 19.1 Å². The summed E-state index contributed by atoms with van der Waals surface area (Å²) in [6, 6.07) is 16.7. The van der Waals surface area contributed by atoms with E-state index in [2.05, 4.69) is 5.32 Å². The Morgan fingerprint density at radius 1 is 1.08 bits per heavy atom. The van der Waals surface area contributed by atoms with Crippen LogP contribution in [0.25, 0.3) is 0 Å². The number of anilines is 1. The van der Waals surface area contributed by atoms with Crippen LogP contribution in [0.3, 0.4) is 0 Å². The fraction of sp³-hybridized carbons (Fsp3) is 0.235. The second-order valence-corrected chi connectivity index (χ2v) is 6.92. The SMILES string of the molecule is CCOC(=O)C(C(Nc1ccccc1)c1ccccc1)P(=O)(O)O. The molecule has 0 aliphatic rings. The molecule has 128 valence electrons. The predicted octanol–water partition coefficient (Wildman–Crippen LogP) is 2.95. The topological polar surface area (TPSA) is 95.9 Å². The van der Waals surface area contributed by atoms with Crippen molar-refractivity contribution in [1.29, 1.82) is 0 Å². The van der Waals surface area contributed by atoms with Crippen molar-refractivity contribution >= 4 is 19.3 Å². The fourth-order valence-corrected chi connectivity index (χ4v) is 3.40. The summed E-state index contributed by atoms with van der Waals surface area (Å²) >= 11 is 0. The highest BCUT2D eigenvalue weighted by Gasteiger charge is 2.44. The normalized spacial score (nSPS) is 13.8. The summed E-state index contributed by atoms with van der Waals surface area (Å²) in [5.41, 5.74) is -0.406. The largest absolute Gasteiger partial charge is 0.465 e. The summed E-state index contributed by atoms with van der Waals surface area (Å²) in [4.78, 5) is 31.7. The molecule has 2 unspecified atom stereocenters. The minimum Gasteiger partial charge on any atom is -0.465 e. The molecule has 2 aromatic carbocycles. The first-order chi connectivity index (χ1) is 11.4. The molecule has 2 atom stereocenters. The van der Waals surface area contributed by atoms with Gasteiger partial charge in [0.2, 0.25) is 0 Å². The third-order valence-electron chi connectivity index (χ3n) is 3.46. The van der Waals surface area contributed by atoms with Crippen LogP contribution >= 0.6 is 7.60 Å². The molecular weight excluding hydrogens is 329 g/mol. The first-order valence-corrected chi connectivity index (χ1v) is 9.20. The van der Waals surface area contributed by atoms with Gasteiger partial charge in [0.05, 0.1) is 12.6 Å². The molecule has 0 fully saturated rings. The van der Waals surface area contributed by atoms with Crippen LogP contribution in [0.4, 0.5) is 5.69 Å². The van der Waals surface area contributed by atoms with E-state index in [1.54, 1.807) is 61.5 Å². The lowest BCUT2D eigenvalue weighted by molar-refractivity contribution is -0.143. The van der Waals surface area contributed by atoms with Crippen molar-refractivity contribution in [2.75, 3.05) is 11.9 Å². The zero-order valence-corrected chi connectivity index (χ0v) is 14.1. The van der Waals surface area contributed by atoms with Gasteiger partial charge in [-0.05, 0) is 24.6 Å². The van der Waals surface area contributed by atoms with E-state index in [4.69, 9.17) is 4.74 Å². The van der Waals surface area contributed by atoms with Crippen LogP contribution < -0.4 is 5.32 Å². The summed E-state index contributed by atoms with van der Waals surface area (Å²) in [6.45, 7) is 1.64.